The summed E-state index contributed by atoms with van der Waals surface area (Å²) in [4.78, 5) is 23.3. The number of carbonyl (C=O) groups is 2. The van der Waals surface area contributed by atoms with Crippen molar-refractivity contribution in [3.8, 4) is 0 Å². The molecule has 0 aliphatic heterocycles. The SMILES string of the molecule is CCCCCCCC/C=C\CCCCCCCCCCCCCC(=O)OC(CCCCCCCCC)CCCCCC(=O)O. The molecule has 0 aromatic heterocycles. The van der Waals surface area contributed by atoms with Crippen molar-refractivity contribution in [2.24, 2.45) is 0 Å². The molecule has 1 N–H and O–H groups in total. The third kappa shape index (κ3) is 35.2. The van der Waals surface area contributed by atoms with Crippen LogP contribution in [0.25, 0.3) is 0 Å². The molecule has 0 saturated carbocycles. The standard InChI is InChI=1S/C40H76O4/c1-3-5-7-9-11-12-13-14-15-16-17-18-19-20-21-22-23-24-26-28-33-37-40(43)44-38(35-31-29-32-36-39(41)42)34-30-27-25-10-8-6-4-2/h14-15,38H,3-13,16-37H2,1-2H3,(H,41,42)/b15-14-. The van der Waals surface area contributed by atoms with Gasteiger partial charge in [-0.05, 0) is 64.2 Å². The Morgan fingerprint density at radius 3 is 1.25 bits per heavy atom. The lowest BCUT2D eigenvalue weighted by Crippen LogP contribution is -2.18. The van der Waals surface area contributed by atoms with Crippen molar-refractivity contribution in [2.45, 2.75) is 232 Å². The Labute approximate surface area is 275 Å². The van der Waals surface area contributed by atoms with Gasteiger partial charge in [0.05, 0.1) is 0 Å². The predicted octanol–water partition coefficient (Wildman–Crippen LogP) is 13.5. The van der Waals surface area contributed by atoms with Crippen molar-refractivity contribution < 1.29 is 19.4 Å². The number of hydrogen-bond donors (Lipinski definition) is 1. The number of rotatable bonds is 36. The fourth-order valence-corrected chi connectivity index (χ4v) is 6.06. The summed E-state index contributed by atoms with van der Waals surface area (Å²) in [5.41, 5.74) is 0. The van der Waals surface area contributed by atoms with Gasteiger partial charge in [0.15, 0.2) is 0 Å². The third-order valence-electron chi connectivity index (χ3n) is 8.99. The van der Waals surface area contributed by atoms with E-state index in [1.54, 1.807) is 0 Å². The average Bonchev–Trinajstić information content (AvgIpc) is 3.00. The Kier molecular flexibility index (Phi) is 35.1. The van der Waals surface area contributed by atoms with Crippen molar-refractivity contribution in [3.63, 3.8) is 0 Å². The van der Waals surface area contributed by atoms with E-state index in [4.69, 9.17) is 9.84 Å². The molecule has 0 amide bonds. The predicted molar refractivity (Wildman–Crippen MR) is 190 cm³/mol. The van der Waals surface area contributed by atoms with Gasteiger partial charge in [-0.25, -0.2) is 0 Å². The quantitative estimate of drug-likeness (QED) is 0.0430. The topological polar surface area (TPSA) is 63.6 Å². The minimum atomic E-state index is -0.723. The highest BCUT2D eigenvalue weighted by Gasteiger charge is 2.14. The lowest BCUT2D eigenvalue weighted by molar-refractivity contribution is -0.150. The molecule has 0 spiro atoms. The summed E-state index contributed by atoms with van der Waals surface area (Å²) in [6.07, 6.45) is 43.8. The van der Waals surface area contributed by atoms with Gasteiger partial charge >= 0.3 is 11.9 Å². The lowest BCUT2D eigenvalue weighted by Gasteiger charge is -2.18. The molecule has 4 heteroatoms. The number of unbranched alkanes of at least 4 members (excludes halogenated alkanes) is 25. The Morgan fingerprint density at radius 1 is 0.477 bits per heavy atom. The Hall–Kier alpha value is -1.32. The Morgan fingerprint density at radius 2 is 0.818 bits per heavy atom. The number of carboxylic acid groups (broad SMARTS) is 1. The number of esters is 1. The van der Waals surface area contributed by atoms with Gasteiger partial charge in [-0.1, -0.05) is 161 Å². The van der Waals surface area contributed by atoms with Crippen LogP contribution in [0.4, 0.5) is 0 Å². The summed E-state index contributed by atoms with van der Waals surface area (Å²) >= 11 is 0. The maximum atomic E-state index is 12.5. The van der Waals surface area contributed by atoms with E-state index in [2.05, 4.69) is 26.0 Å². The highest BCUT2D eigenvalue weighted by atomic mass is 16.5. The highest BCUT2D eigenvalue weighted by Crippen LogP contribution is 2.18. The van der Waals surface area contributed by atoms with Crippen molar-refractivity contribution in [1.82, 2.24) is 0 Å². The molecule has 0 aliphatic rings. The number of carboxylic acids is 1. The van der Waals surface area contributed by atoms with Crippen molar-refractivity contribution in [3.05, 3.63) is 12.2 Å². The number of allylic oxidation sites excluding steroid dienone is 2. The first kappa shape index (κ1) is 42.7. The van der Waals surface area contributed by atoms with Gasteiger partial charge in [0.25, 0.3) is 0 Å². The second-order valence-electron chi connectivity index (χ2n) is 13.5. The van der Waals surface area contributed by atoms with Gasteiger partial charge in [0.1, 0.15) is 6.10 Å². The second-order valence-corrected chi connectivity index (χ2v) is 13.5. The molecule has 0 saturated heterocycles. The van der Waals surface area contributed by atoms with Gasteiger partial charge in [0.2, 0.25) is 0 Å². The lowest BCUT2D eigenvalue weighted by atomic mass is 10.0. The smallest absolute Gasteiger partial charge is 0.306 e. The Balaban J connectivity index is 3.72. The van der Waals surface area contributed by atoms with Crippen LogP contribution in [0.2, 0.25) is 0 Å². The van der Waals surface area contributed by atoms with E-state index in [1.165, 1.54) is 148 Å². The molecule has 4 nitrogen and oxygen atoms in total. The van der Waals surface area contributed by atoms with Crippen LogP contribution in [0.3, 0.4) is 0 Å². The molecule has 0 aromatic rings. The van der Waals surface area contributed by atoms with Gasteiger partial charge in [-0.3, -0.25) is 9.59 Å². The molecule has 44 heavy (non-hydrogen) atoms. The normalized spacial score (nSPS) is 12.2. The summed E-state index contributed by atoms with van der Waals surface area (Å²) in [5, 5.41) is 8.85. The summed E-state index contributed by atoms with van der Waals surface area (Å²) < 4.78 is 5.91. The van der Waals surface area contributed by atoms with Gasteiger partial charge in [-0.15, -0.1) is 0 Å². The first-order valence-corrected chi connectivity index (χ1v) is 19.7. The first-order chi connectivity index (χ1) is 21.6. The molecule has 1 atom stereocenters. The molecule has 0 radical (unpaired) electrons. The van der Waals surface area contributed by atoms with E-state index in [-0.39, 0.29) is 18.5 Å². The highest BCUT2D eigenvalue weighted by molar-refractivity contribution is 5.69. The number of ether oxygens (including phenoxy) is 1. The average molecular weight is 621 g/mol. The van der Waals surface area contributed by atoms with Crippen LogP contribution >= 0.6 is 0 Å². The van der Waals surface area contributed by atoms with E-state index in [0.717, 1.165) is 44.9 Å². The van der Waals surface area contributed by atoms with E-state index in [0.29, 0.717) is 12.8 Å². The molecular weight excluding hydrogens is 544 g/mol. The van der Waals surface area contributed by atoms with Crippen LogP contribution in [-0.4, -0.2) is 23.1 Å². The van der Waals surface area contributed by atoms with Gasteiger partial charge in [-0.2, -0.15) is 0 Å². The summed E-state index contributed by atoms with van der Waals surface area (Å²) in [6, 6.07) is 0. The van der Waals surface area contributed by atoms with Crippen LogP contribution in [0.1, 0.15) is 226 Å². The van der Waals surface area contributed by atoms with Gasteiger partial charge in [0, 0.05) is 12.8 Å². The van der Waals surface area contributed by atoms with E-state index in [9.17, 15) is 9.59 Å². The molecule has 0 fully saturated rings. The first-order valence-electron chi connectivity index (χ1n) is 19.7. The molecule has 0 aromatic carbocycles. The van der Waals surface area contributed by atoms with Crippen LogP contribution in [0.5, 0.6) is 0 Å². The molecule has 0 aliphatic carbocycles. The summed E-state index contributed by atoms with van der Waals surface area (Å²) in [7, 11) is 0. The van der Waals surface area contributed by atoms with Crippen molar-refractivity contribution in [2.75, 3.05) is 0 Å². The zero-order chi connectivity index (χ0) is 32.2. The van der Waals surface area contributed by atoms with Crippen LogP contribution in [0.15, 0.2) is 12.2 Å². The van der Waals surface area contributed by atoms with Gasteiger partial charge < -0.3 is 9.84 Å². The zero-order valence-corrected chi connectivity index (χ0v) is 29.7. The molecule has 0 bridgehead atoms. The molecule has 1 unspecified atom stereocenters. The second kappa shape index (κ2) is 36.2. The Bertz CT molecular complexity index is 629. The fourth-order valence-electron chi connectivity index (χ4n) is 6.06. The van der Waals surface area contributed by atoms with Crippen LogP contribution in [-0.2, 0) is 14.3 Å². The van der Waals surface area contributed by atoms with E-state index in [1.807, 2.05) is 0 Å². The number of hydrogen-bond acceptors (Lipinski definition) is 3. The summed E-state index contributed by atoms with van der Waals surface area (Å²) in [6.45, 7) is 4.53. The molecule has 0 rings (SSSR count). The number of aliphatic carboxylic acids is 1. The molecule has 260 valence electrons. The third-order valence-corrected chi connectivity index (χ3v) is 8.99. The van der Waals surface area contributed by atoms with E-state index >= 15 is 0 Å². The maximum absolute atomic E-state index is 12.5. The van der Waals surface area contributed by atoms with E-state index < -0.39 is 5.97 Å². The monoisotopic (exact) mass is 621 g/mol. The molecule has 0 heterocycles. The minimum absolute atomic E-state index is 0.00865. The number of carbonyl (C=O) groups excluding carboxylic acids is 1. The van der Waals surface area contributed by atoms with Crippen molar-refractivity contribution in [1.29, 1.82) is 0 Å². The minimum Gasteiger partial charge on any atom is -0.481 e. The van der Waals surface area contributed by atoms with Crippen molar-refractivity contribution >= 4 is 11.9 Å². The maximum Gasteiger partial charge on any atom is 0.306 e. The zero-order valence-electron chi connectivity index (χ0n) is 29.7. The summed E-state index contributed by atoms with van der Waals surface area (Å²) in [5.74, 6) is -0.754. The van der Waals surface area contributed by atoms with Crippen LogP contribution in [0, 0.1) is 0 Å². The fraction of sp³-hybridized carbons (Fsp3) is 0.900. The van der Waals surface area contributed by atoms with Crippen LogP contribution < -0.4 is 0 Å². The largest absolute Gasteiger partial charge is 0.481 e. The molecular formula is C40H76O4.